The van der Waals surface area contributed by atoms with Gasteiger partial charge < -0.3 is 19.5 Å². The Morgan fingerprint density at radius 2 is 1.97 bits per heavy atom. The number of aromatic amines is 1. The number of benzene rings is 2. The van der Waals surface area contributed by atoms with Gasteiger partial charge in [0.2, 0.25) is 0 Å². The SMILES string of the molecule is COc1cc2ncc(C#N)c(Nc3ccc4n[nH]nc4c3)c2cc1OCCCN1CCOCC1. The zero-order valence-corrected chi connectivity index (χ0v) is 18.9. The number of aromatic nitrogens is 4. The van der Waals surface area contributed by atoms with E-state index < -0.39 is 0 Å². The van der Waals surface area contributed by atoms with Crippen LogP contribution >= 0.6 is 0 Å². The van der Waals surface area contributed by atoms with E-state index in [0.29, 0.717) is 34.9 Å². The Balaban J connectivity index is 1.41. The van der Waals surface area contributed by atoms with Gasteiger partial charge >= 0.3 is 0 Å². The number of nitrogens with zero attached hydrogens (tertiary/aromatic N) is 5. The van der Waals surface area contributed by atoms with Crippen molar-refractivity contribution < 1.29 is 14.2 Å². The van der Waals surface area contributed by atoms with E-state index in [0.717, 1.165) is 61.4 Å². The van der Waals surface area contributed by atoms with Gasteiger partial charge in [-0.25, -0.2) is 0 Å². The average molecular weight is 460 g/mol. The number of nitriles is 1. The lowest BCUT2D eigenvalue weighted by Crippen LogP contribution is -2.37. The summed E-state index contributed by atoms with van der Waals surface area (Å²) in [4.78, 5) is 6.84. The van der Waals surface area contributed by atoms with Crippen LogP contribution in [-0.2, 0) is 4.74 Å². The van der Waals surface area contributed by atoms with Crippen molar-refractivity contribution in [3.8, 4) is 17.6 Å². The second-order valence-corrected chi connectivity index (χ2v) is 7.99. The van der Waals surface area contributed by atoms with Gasteiger partial charge in [0.1, 0.15) is 17.1 Å². The summed E-state index contributed by atoms with van der Waals surface area (Å²) in [6.45, 7) is 4.99. The van der Waals surface area contributed by atoms with E-state index >= 15 is 0 Å². The molecule has 174 valence electrons. The summed E-state index contributed by atoms with van der Waals surface area (Å²) in [6.07, 6.45) is 2.45. The number of hydrogen-bond donors (Lipinski definition) is 2. The molecule has 2 aromatic carbocycles. The zero-order valence-electron chi connectivity index (χ0n) is 18.9. The molecule has 0 bridgehead atoms. The summed E-state index contributed by atoms with van der Waals surface area (Å²) in [5.74, 6) is 1.22. The molecule has 0 amide bonds. The fraction of sp³-hybridized carbons (Fsp3) is 0.333. The summed E-state index contributed by atoms with van der Waals surface area (Å²) in [5.41, 5.74) is 4.05. The fourth-order valence-corrected chi connectivity index (χ4v) is 4.05. The van der Waals surface area contributed by atoms with Gasteiger partial charge in [-0.15, -0.1) is 0 Å². The van der Waals surface area contributed by atoms with Crippen LogP contribution in [-0.4, -0.2) is 71.9 Å². The third-order valence-electron chi connectivity index (χ3n) is 5.84. The maximum Gasteiger partial charge on any atom is 0.162 e. The molecule has 1 saturated heterocycles. The second kappa shape index (κ2) is 9.91. The van der Waals surface area contributed by atoms with E-state index in [1.54, 1.807) is 13.3 Å². The van der Waals surface area contributed by atoms with Gasteiger partial charge in [-0.3, -0.25) is 9.88 Å². The van der Waals surface area contributed by atoms with Crippen LogP contribution in [0.5, 0.6) is 11.5 Å². The number of ether oxygens (including phenoxy) is 3. The number of pyridine rings is 1. The van der Waals surface area contributed by atoms with Crippen molar-refractivity contribution in [3.05, 3.63) is 42.1 Å². The Bertz CT molecular complexity index is 1340. The van der Waals surface area contributed by atoms with E-state index in [1.807, 2.05) is 30.3 Å². The Kier molecular flexibility index (Phi) is 6.38. The number of anilines is 2. The number of methoxy groups -OCH3 is 1. The lowest BCUT2D eigenvalue weighted by Gasteiger charge is -2.26. The largest absolute Gasteiger partial charge is 0.493 e. The quantitative estimate of drug-likeness (QED) is 0.382. The molecule has 4 aromatic rings. The van der Waals surface area contributed by atoms with Crippen molar-refractivity contribution in [2.45, 2.75) is 6.42 Å². The molecule has 1 aliphatic rings. The molecule has 10 heteroatoms. The van der Waals surface area contributed by atoms with E-state index in [2.05, 4.69) is 36.7 Å². The molecule has 0 unspecified atom stereocenters. The lowest BCUT2D eigenvalue weighted by atomic mass is 10.1. The van der Waals surface area contributed by atoms with Gasteiger partial charge in [0, 0.05) is 43.0 Å². The van der Waals surface area contributed by atoms with Gasteiger partial charge in [0.25, 0.3) is 0 Å². The number of nitrogens with one attached hydrogen (secondary N) is 2. The molecule has 0 atom stereocenters. The summed E-state index contributed by atoms with van der Waals surface area (Å²) in [6, 6.07) is 11.6. The lowest BCUT2D eigenvalue weighted by molar-refractivity contribution is 0.0357. The smallest absolute Gasteiger partial charge is 0.162 e. The van der Waals surface area contributed by atoms with Gasteiger partial charge in [-0.05, 0) is 30.7 Å². The highest BCUT2D eigenvalue weighted by molar-refractivity contribution is 5.98. The summed E-state index contributed by atoms with van der Waals surface area (Å²) in [7, 11) is 1.61. The van der Waals surface area contributed by atoms with Crippen LogP contribution in [0.25, 0.3) is 21.9 Å². The summed E-state index contributed by atoms with van der Waals surface area (Å²) in [5, 5.41) is 24.7. The molecule has 2 aromatic heterocycles. The van der Waals surface area contributed by atoms with Crippen LogP contribution in [0.3, 0.4) is 0 Å². The predicted octanol–water partition coefficient (Wildman–Crippen LogP) is 3.23. The van der Waals surface area contributed by atoms with E-state index in [-0.39, 0.29) is 0 Å². The molecular formula is C24H25N7O3. The molecule has 1 aliphatic heterocycles. The Labute approximate surface area is 196 Å². The number of rotatable bonds is 8. The molecule has 0 saturated carbocycles. The minimum absolute atomic E-state index is 0.427. The van der Waals surface area contributed by atoms with Crippen molar-refractivity contribution in [2.24, 2.45) is 0 Å². The van der Waals surface area contributed by atoms with Crippen LogP contribution < -0.4 is 14.8 Å². The molecular weight excluding hydrogens is 434 g/mol. The Morgan fingerprint density at radius 1 is 1.12 bits per heavy atom. The molecule has 0 spiro atoms. The van der Waals surface area contributed by atoms with Crippen LogP contribution in [0.2, 0.25) is 0 Å². The molecule has 0 aliphatic carbocycles. The van der Waals surface area contributed by atoms with E-state index in [1.165, 1.54) is 0 Å². The number of morpholine rings is 1. The van der Waals surface area contributed by atoms with Crippen LogP contribution in [0.4, 0.5) is 11.4 Å². The Hall–Kier alpha value is -3.94. The van der Waals surface area contributed by atoms with Gasteiger partial charge in [-0.1, -0.05) is 0 Å². The minimum atomic E-state index is 0.427. The average Bonchev–Trinajstić information content (AvgIpc) is 3.35. The summed E-state index contributed by atoms with van der Waals surface area (Å²) >= 11 is 0. The highest BCUT2D eigenvalue weighted by Gasteiger charge is 2.16. The van der Waals surface area contributed by atoms with Crippen molar-refractivity contribution in [2.75, 3.05) is 51.9 Å². The molecule has 3 heterocycles. The van der Waals surface area contributed by atoms with Gasteiger partial charge in [0.05, 0.1) is 43.7 Å². The third kappa shape index (κ3) is 4.57. The molecule has 1 fully saturated rings. The first kappa shape index (κ1) is 21.9. The third-order valence-corrected chi connectivity index (χ3v) is 5.84. The van der Waals surface area contributed by atoms with Gasteiger partial charge in [-0.2, -0.15) is 20.7 Å². The summed E-state index contributed by atoms with van der Waals surface area (Å²) < 4.78 is 17.1. The monoisotopic (exact) mass is 459 g/mol. The standard InChI is InChI=1S/C24H25N7O3/c1-32-22-13-20-18(12-23(22)34-8-2-5-31-6-9-33-10-7-31)24(16(14-25)15-26-20)27-17-3-4-19-21(11-17)29-30-28-19/h3-4,11-13,15H,2,5-10H2,1H3,(H,26,27)(H,28,29,30). The predicted molar refractivity (Wildman–Crippen MR) is 128 cm³/mol. The first-order valence-corrected chi connectivity index (χ1v) is 11.2. The molecule has 2 N–H and O–H groups in total. The molecule has 5 rings (SSSR count). The number of hydrogen-bond acceptors (Lipinski definition) is 9. The molecule has 34 heavy (non-hydrogen) atoms. The zero-order chi connectivity index (χ0) is 23.3. The first-order valence-electron chi connectivity index (χ1n) is 11.2. The van der Waals surface area contributed by atoms with Crippen LogP contribution in [0.15, 0.2) is 36.5 Å². The Morgan fingerprint density at radius 3 is 2.79 bits per heavy atom. The van der Waals surface area contributed by atoms with Crippen molar-refractivity contribution in [3.63, 3.8) is 0 Å². The highest BCUT2D eigenvalue weighted by atomic mass is 16.5. The van der Waals surface area contributed by atoms with Crippen molar-refractivity contribution in [1.82, 2.24) is 25.3 Å². The fourth-order valence-electron chi connectivity index (χ4n) is 4.05. The van der Waals surface area contributed by atoms with Crippen molar-refractivity contribution in [1.29, 1.82) is 5.26 Å². The second-order valence-electron chi connectivity index (χ2n) is 7.99. The van der Waals surface area contributed by atoms with Crippen molar-refractivity contribution >= 4 is 33.3 Å². The van der Waals surface area contributed by atoms with Crippen LogP contribution in [0, 0.1) is 11.3 Å². The maximum absolute atomic E-state index is 9.74. The number of fused-ring (bicyclic) bond motifs is 2. The molecule has 10 nitrogen and oxygen atoms in total. The minimum Gasteiger partial charge on any atom is -0.493 e. The van der Waals surface area contributed by atoms with E-state index in [9.17, 15) is 5.26 Å². The highest BCUT2D eigenvalue weighted by Crippen LogP contribution is 2.37. The number of H-pyrrole nitrogens is 1. The van der Waals surface area contributed by atoms with Crippen LogP contribution in [0.1, 0.15) is 12.0 Å². The molecule has 0 radical (unpaired) electrons. The maximum atomic E-state index is 9.74. The van der Waals surface area contributed by atoms with Gasteiger partial charge in [0.15, 0.2) is 11.5 Å². The van der Waals surface area contributed by atoms with E-state index in [4.69, 9.17) is 14.2 Å². The normalized spacial score (nSPS) is 14.2. The first-order chi connectivity index (χ1) is 16.7. The topological polar surface area (TPSA) is 121 Å².